The number of hydrogen-bond acceptors (Lipinski definition) is 1. The van der Waals surface area contributed by atoms with E-state index in [0.29, 0.717) is 11.8 Å². The molecule has 0 spiro atoms. The van der Waals surface area contributed by atoms with Crippen LogP contribution in [0, 0.1) is 17.8 Å². The molecule has 0 aromatic carbocycles. The van der Waals surface area contributed by atoms with Crippen LogP contribution in [0.1, 0.15) is 67.5 Å². The molecule has 3 aliphatic carbocycles. The number of ketones is 1. The summed E-state index contributed by atoms with van der Waals surface area (Å²) < 4.78 is 2.44. The molecule has 1 heterocycles. The molecule has 0 saturated heterocycles. The Bertz CT molecular complexity index is 515. The molecule has 102 valence electrons. The van der Waals surface area contributed by atoms with Gasteiger partial charge in [-0.15, -0.1) is 0 Å². The lowest BCUT2D eigenvalue weighted by Gasteiger charge is -2.31. The van der Waals surface area contributed by atoms with Crippen LogP contribution in [-0.2, 0) is 6.42 Å². The summed E-state index contributed by atoms with van der Waals surface area (Å²) in [7, 11) is 0. The summed E-state index contributed by atoms with van der Waals surface area (Å²) in [6.07, 6.45) is 10.9. The zero-order chi connectivity index (χ0) is 13.0. The number of Topliss-reactive ketones (excluding diaryl/α,β-unsaturated/α-hetero) is 1. The van der Waals surface area contributed by atoms with Crippen LogP contribution in [-0.4, -0.2) is 10.4 Å². The van der Waals surface area contributed by atoms with Crippen LogP contribution in [0.15, 0.2) is 12.3 Å². The van der Waals surface area contributed by atoms with Gasteiger partial charge in [0, 0.05) is 29.9 Å². The average molecular weight is 257 g/mol. The van der Waals surface area contributed by atoms with Gasteiger partial charge in [-0.1, -0.05) is 6.42 Å². The van der Waals surface area contributed by atoms with Crippen molar-refractivity contribution in [2.75, 3.05) is 0 Å². The molecule has 0 radical (unpaired) electrons. The van der Waals surface area contributed by atoms with Gasteiger partial charge in [-0.05, 0) is 62.8 Å². The van der Waals surface area contributed by atoms with Crippen LogP contribution in [0.3, 0.4) is 0 Å². The third-order valence-electron chi connectivity index (χ3n) is 5.99. The van der Waals surface area contributed by atoms with Crippen LogP contribution in [0.25, 0.3) is 0 Å². The van der Waals surface area contributed by atoms with E-state index in [1.165, 1.54) is 31.4 Å². The summed E-state index contributed by atoms with van der Waals surface area (Å²) in [6, 6.07) is 2.66. The summed E-state index contributed by atoms with van der Waals surface area (Å²) in [5.74, 6) is 3.18. The standard InChI is InChI=1S/C17H23NO/c1-11(15-10-12-5-6-13(15)9-12)18-8-7-14-16(18)3-2-4-17(14)19/h7-8,11-13,15H,2-6,9-10H2,1H3. The van der Waals surface area contributed by atoms with Gasteiger partial charge in [0.15, 0.2) is 5.78 Å². The van der Waals surface area contributed by atoms with E-state index < -0.39 is 0 Å². The fourth-order valence-corrected chi connectivity index (χ4v) is 5.02. The first-order valence-electron chi connectivity index (χ1n) is 7.97. The quantitative estimate of drug-likeness (QED) is 0.784. The molecular weight excluding hydrogens is 234 g/mol. The summed E-state index contributed by atoms with van der Waals surface area (Å²) in [4.78, 5) is 12.0. The van der Waals surface area contributed by atoms with Crippen molar-refractivity contribution in [2.45, 2.75) is 57.9 Å². The molecule has 0 amide bonds. The van der Waals surface area contributed by atoms with Crippen molar-refractivity contribution in [2.24, 2.45) is 17.8 Å². The molecule has 1 aromatic rings. The van der Waals surface area contributed by atoms with Gasteiger partial charge < -0.3 is 4.57 Å². The molecule has 1 aromatic heterocycles. The maximum atomic E-state index is 12.0. The van der Waals surface area contributed by atoms with Gasteiger partial charge in [0.2, 0.25) is 0 Å². The van der Waals surface area contributed by atoms with E-state index in [0.717, 1.165) is 42.6 Å². The summed E-state index contributed by atoms with van der Waals surface area (Å²) in [5, 5.41) is 0. The average Bonchev–Trinajstić information content (AvgIpc) is 3.12. The van der Waals surface area contributed by atoms with E-state index in [-0.39, 0.29) is 0 Å². The Morgan fingerprint density at radius 1 is 1.26 bits per heavy atom. The maximum absolute atomic E-state index is 12.0. The Hall–Kier alpha value is -1.05. The Labute approximate surface area is 115 Å². The molecule has 0 aliphatic heterocycles. The van der Waals surface area contributed by atoms with Gasteiger partial charge >= 0.3 is 0 Å². The molecule has 4 rings (SSSR count). The van der Waals surface area contributed by atoms with Crippen LogP contribution in [0.5, 0.6) is 0 Å². The van der Waals surface area contributed by atoms with Crippen molar-refractivity contribution in [3.8, 4) is 0 Å². The maximum Gasteiger partial charge on any atom is 0.164 e. The first-order valence-corrected chi connectivity index (χ1v) is 7.97. The predicted molar refractivity (Wildman–Crippen MR) is 75.3 cm³/mol. The number of rotatable bonds is 2. The number of hydrogen-bond donors (Lipinski definition) is 0. The largest absolute Gasteiger partial charge is 0.348 e. The van der Waals surface area contributed by atoms with Gasteiger partial charge in [-0.3, -0.25) is 4.79 Å². The Morgan fingerprint density at radius 2 is 2.16 bits per heavy atom. The molecular formula is C17H23NO. The Kier molecular flexibility index (Phi) is 2.61. The van der Waals surface area contributed by atoms with Crippen molar-refractivity contribution >= 4 is 5.78 Å². The van der Waals surface area contributed by atoms with E-state index in [1.54, 1.807) is 0 Å². The zero-order valence-corrected chi connectivity index (χ0v) is 11.8. The number of carbonyl (C=O) groups is 1. The zero-order valence-electron chi connectivity index (χ0n) is 11.8. The first-order chi connectivity index (χ1) is 9.24. The molecule has 3 aliphatic rings. The molecule has 0 N–H and O–H groups in total. The van der Waals surface area contributed by atoms with Gasteiger partial charge in [-0.2, -0.15) is 0 Å². The minimum absolute atomic E-state index is 0.361. The SMILES string of the molecule is CC(C1CC2CCC1C2)n1ccc2c1CCCC2=O. The normalized spacial score (nSPS) is 34.6. The van der Waals surface area contributed by atoms with Gasteiger partial charge in [0.1, 0.15) is 0 Å². The van der Waals surface area contributed by atoms with Gasteiger partial charge in [0.25, 0.3) is 0 Å². The van der Waals surface area contributed by atoms with E-state index in [9.17, 15) is 4.79 Å². The highest BCUT2D eigenvalue weighted by Crippen LogP contribution is 2.52. The lowest BCUT2D eigenvalue weighted by molar-refractivity contribution is 0.0971. The van der Waals surface area contributed by atoms with Crippen molar-refractivity contribution < 1.29 is 4.79 Å². The Morgan fingerprint density at radius 3 is 2.89 bits per heavy atom. The van der Waals surface area contributed by atoms with Crippen molar-refractivity contribution in [3.05, 3.63) is 23.5 Å². The molecule has 2 bridgehead atoms. The van der Waals surface area contributed by atoms with E-state index in [4.69, 9.17) is 0 Å². The number of nitrogens with zero attached hydrogens (tertiary/aromatic N) is 1. The third kappa shape index (κ3) is 1.72. The number of carbonyl (C=O) groups excluding carboxylic acids is 1. The van der Waals surface area contributed by atoms with Crippen LogP contribution >= 0.6 is 0 Å². The smallest absolute Gasteiger partial charge is 0.164 e. The van der Waals surface area contributed by atoms with E-state index in [2.05, 4.69) is 23.8 Å². The number of fused-ring (bicyclic) bond motifs is 3. The monoisotopic (exact) mass is 257 g/mol. The van der Waals surface area contributed by atoms with Gasteiger partial charge in [-0.25, -0.2) is 0 Å². The molecule has 4 atom stereocenters. The topological polar surface area (TPSA) is 22.0 Å². The second-order valence-electron chi connectivity index (χ2n) is 6.94. The molecule has 19 heavy (non-hydrogen) atoms. The fraction of sp³-hybridized carbons (Fsp3) is 0.706. The van der Waals surface area contributed by atoms with Crippen LogP contribution in [0.2, 0.25) is 0 Å². The highest BCUT2D eigenvalue weighted by atomic mass is 16.1. The Balaban J connectivity index is 1.64. The molecule has 2 heteroatoms. The third-order valence-corrected chi connectivity index (χ3v) is 5.99. The van der Waals surface area contributed by atoms with E-state index >= 15 is 0 Å². The molecule has 2 fully saturated rings. The molecule has 4 unspecified atom stereocenters. The molecule has 2 nitrogen and oxygen atoms in total. The van der Waals surface area contributed by atoms with Crippen molar-refractivity contribution in [3.63, 3.8) is 0 Å². The van der Waals surface area contributed by atoms with Crippen LogP contribution < -0.4 is 0 Å². The highest BCUT2D eigenvalue weighted by Gasteiger charge is 2.42. The lowest BCUT2D eigenvalue weighted by atomic mass is 9.83. The molecule has 2 saturated carbocycles. The predicted octanol–water partition coefficient (Wildman–Crippen LogP) is 4.00. The fourth-order valence-electron chi connectivity index (χ4n) is 5.02. The van der Waals surface area contributed by atoms with Gasteiger partial charge in [0.05, 0.1) is 0 Å². The van der Waals surface area contributed by atoms with Crippen molar-refractivity contribution in [1.82, 2.24) is 4.57 Å². The second kappa shape index (κ2) is 4.22. The second-order valence-corrected chi connectivity index (χ2v) is 6.94. The minimum Gasteiger partial charge on any atom is -0.348 e. The summed E-state index contributed by atoms with van der Waals surface area (Å²) in [5.41, 5.74) is 2.34. The number of aromatic nitrogens is 1. The van der Waals surface area contributed by atoms with E-state index in [1.807, 2.05) is 0 Å². The minimum atomic E-state index is 0.361. The summed E-state index contributed by atoms with van der Waals surface area (Å²) >= 11 is 0. The van der Waals surface area contributed by atoms with Crippen LogP contribution in [0.4, 0.5) is 0 Å². The lowest BCUT2D eigenvalue weighted by Crippen LogP contribution is -2.24. The highest BCUT2D eigenvalue weighted by molar-refractivity contribution is 5.98. The first kappa shape index (κ1) is 11.7. The summed E-state index contributed by atoms with van der Waals surface area (Å²) in [6.45, 7) is 2.38. The van der Waals surface area contributed by atoms with Crippen molar-refractivity contribution in [1.29, 1.82) is 0 Å².